The van der Waals surface area contributed by atoms with E-state index in [0.717, 1.165) is 0 Å². The summed E-state index contributed by atoms with van der Waals surface area (Å²) in [5.41, 5.74) is 0.470. The highest BCUT2D eigenvalue weighted by molar-refractivity contribution is 5.86. The van der Waals surface area contributed by atoms with E-state index in [1.165, 1.54) is 0 Å². The number of hydrogen-bond acceptors (Lipinski definition) is 5. The second-order valence-corrected chi connectivity index (χ2v) is 3.74. The number of amides is 2. The zero-order valence-electron chi connectivity index (χ0n) is 10.0. The molecule has 1 heterocycles. The number of nitrogens with zero attached hydrogens (tertiary/aromatic N) is 1. The van der Waals surface area contributed by atoms with Gasteiger partial charge in [0, 0.05) is 6.07 Å². The van der Waals surface area contributed by atoms with E-state index >= 15 is 0 Å². The van der Waals surface area contributed by atoms with Crippen molar-refractivity contribution in [3.8, 4) is 0 Å². The van der Waals surface area contributed by atoms with Crippen LogP contribution in [0.2, 0.25) is 0 Å². The van der Waals surface area contributed by atoms with E-state index in [0.29, 0.717) is 11.5 Å². The summed E-state index contributed by atoms with van der Waals surface area (Å²) in [4.78, 5) is 32.5. The molecule has 1 aromatic heterocycles. The van der Waals surface area contributed by atoms with Gasteiger partial charge in [-0.25, -0.2) is 9.59 Å². The van der Waals surface area contributed by atoms with Crippen molar-refractivity contribution < 1.29 is 29.1 Å². The Morgan fingerprint density at radius 2 is 2.11 bits per heavy atom. The Bertz CT molecular complexity index is 483. The van der Waals surface area contributed by atoms with Gasteiger partial charge in [-0.05, 0) is 6.92 Å². The third-order valence-corrected chi connectivity index (χ3v) is 2.09. The fraction of sp³-hybridized carbons (Fsp3) is 0.400. The largest absolute Gasteiger partial charge is 0.481 e. The maximum atomic E-state index is 11.4. The molecule has 0 aliphatic carbocycles. The molecule has 0 saturated carbocycles. The van der Waals surface area contributed by atoms with E-state index in [-0.39, 0.29) is 6.54 Å². The predicted molar refractivity (Wildman–Crippen MR) is 60.3 cm³/mol. The zero-order chi connectivity index (χ0) is 14.4. The molecule has 0 fully saturated rings. The molecule has 9 heteroatoms. The third-order valence-electron chi connectivity index (χ3n) is 2.09. The van der Waals surface area contributed by atoms with E-state index < -0.39 is 30.4 Å². The molecule has 9 nitrogen and oxygen atoms in total. The van der Waals surface area contributed by atoms with Crippen molar-refractivity contribution in [2.45, 2.75) is 25.9 Å². The lowest BCUT2D eigenvalue weighted by molar-refractivity contribution is -0.145. The Balaban J connectivity index is 2.44. The fourth-order valence-corrected chi connectivity index (χ4v) is 1.26. The van der Waals surface area contributed by atoms with Crippen LogP contribution >= 0.6 is 0 Å². The van der Waals surface area contributed by atoms with Crippen LogP contribution in [0.4, 0.5) is 4.79 Å². The fourth-order valence-electron chi connectivity index (χ4n) is 1.26. The Morgan fingerprint density at radius 3 is 2.58 bits per heavy atom. The van der Waals surface area contributed by atoms with Gasteiger partial charge >= 0.3 is 18.0 Å². The van der Waals surface area contributed by atoms with Gasteiger partial charge in [-0.2, -0.15) is 0 Å². The molecule has 104 valence electrons. The monoisotopic (exact) mass is 271 g/mol. The lowest BCUT2D eigenvalue weighted by Crippen LogP contribution is -2.46. The number of nitrogens with one attached hydrogen (secondary N) is 2. The van der Waals surface area contributed by atoms with Crippen molar-refractivity contribution in [3.63, 3.8) is 0 Å². The van der Waals surface area contributed by atoms with E-state index in [1.54, 1.807) is 13.0 Å². The quantitative estimate of drug-likeness (QED) is 0.556. The summed E-state index contributed by atoms with van der Waals surface area (Å²) in [5.74, 6) is -2.17. The summed E-state index contributed by atoms with van der Waals surface area (Å²) in [5, 5.41) is 25.2. The van der Waals surface area contributed by atoms with Crippen LogP contribution in [0.25, 0.3) is 0 Å². The highest BCUT2D eigenvalue weighted by Crippen LogP contribution is 2.00. The van der Waals surface area contributed by atoms with Gasteiger partial charge in [-0.15, -0.1) is 0 Å². The van der Waals surface area contributed by atoms with Crippen LogP contribution in [0.15, 0.2) is 10.6 Å². The first-order chi connectivity index (χ1) is 8.88. The van der Waals surface area contributed by atoms with Crippen LogP contribution in [-0.4, -0.2) is 39.4 Å². The van der Waals surface area contributed by atoms with E-state index in [2.05, 4.69) is 10.5 Å². The minimum absolute atomic E-state index is 0.0442. The molecule has 0 aromatic carbocycles. The number of carboxylic acids is 2. The Kier molecular flexibility index (Phi) is 4.86. The maximum Gasteiger partial charge on any atom is 0.326 e. The summed E-state index contributed by atoms with van der Waals surface area (Å²) in [7, 11) is 0. The molecule has 0 aliphatic rings. The Labute approximate surface area is 107 Å². The summed E-state index contributed by atoms with van der Waals surface area (Å²) >= 11 is 0. The Morgan fingerprint density at radius 1 is 1.42 bits per heavy atom. The molecule has 0 saturated heterocycles. The molecule has 0 bridgehead atoms. The molecule has 1 atom stereocenters. The first kappa shape index (κ1) is 14.5. The molecule has 1 rings (SSSR count). The van der Waals surface area contributed by atoms with Crippen molar-refractivity contribution >= 4 is 18.0 Å². The average molecular weight is 271 g/mol. The number of aryl methyl sites for hydroxylation is 1. The summed E-state index contributed by atoms with van der Waals surface area (Å²) in [6.45, 7) is 1.73. The average Bonchev–Trinajstić information content (AvgIpc) is 2.71. The van der Waals surface area contributed by atoms with E-state index in [4.69, 9.17) is 14.7 Å². The maximum absolute atomic E-state index is 11.4. The minimum atomic E-state index is -1.49. The molecule has 2 amide bonds. The molecule has 0 aliphatic heterocycles. The number of urea groups is 1. The van der Waals surface area contributed by atoms with Crippen molar-refractivity contribution in [1.82, 2.24) is 15.8 Å². The van der Waals surface area contributed by atoms with Gasteiger partial charge in [-0.3, -0.25) is 4.79 Å². The van der Waals surface area contributed by atoms with E-state index in [1.807, 2.05) is 5.32 Å². The molecule has 19 heavy (non-hydrogen) atoms. The number of rotatable bonds is 6. The molecule has 0 unspecified atom stereocenters. The number of carbonyl (C=O) groups excluding carboxylic acids is 1. The molecule has 0 radical (unpaired) electrons. The van der Waals surface area contributed by atoms with Crippen molar-refractivity contribution in [2.24, 2.45) is 0 Å². The summed E-state index contributed by atoms with van der Waals surface area (Å²) in [6.07, 6.45) is -0.703. The van der Waals surface area contributed by atoms with Gasteiger partial charge in [0.25, 0.3) is 0 Å². The lowest BCUT2D eigenvalue weighted by atomic mass is 10.2. The number of carboxylic acid groups (broad SMARTS) is 2. The second-order valence-electron chi connectivity index (χ2n) is 3.74. The van der Waals surface area contributed by atoms with Gasteiger partial charge in [0.05, 0.1) is 13.0 Å². The molecular formula is C10H13N3O6. The van der Waals surface area contributed by atoms with Gasteiger partial charge in [0.15, 0.2) is 0 Å². The van der Waals surface area contributed by atoms with Crippen LogP contribution < -0.4 is 10.6 Å². The molecular weight excluding hydrogens is 258 g/mol. The van der Waals surface area contributed by atoms with Crippen molar-refractivity contribution in [3.05, 3.63) is 17.5 Å². The highest BCUT2D eigenvalue weighted by Gasteiger charge is 2.22. The SMILES string of the molecule is Cc1cc(CNC(=O)N[C@H](CC(=O)O)C(=O)O)no1. The number of aliphatic carboxylic acids is 2. The van der Waals surface area contributed by atoms with Crippen LogP contribution in [0.5, 0.6) is 0 Å². The van der Waals surface area contributed by atoms with Crippen molar-refractivity contribution in [1.29, 1.82) is 0 Å². The molecule has 1 aromatic rings. The van der Waals surface area contributed by atoms with Crippen LogP contribution in [0.3, 0.4) is 0 Å². The topological polar surface area (TPSA) is 142 Å². The van der Waals surface area contributed by atoms with Crippen LogP contribution in [0.1, 0.15) is 17.9 Å². The number of aromatic nitrogens is 1. The highest BCUT2D eigenvalue weighted by atomic mass is 16.5. The van der Waals surface area contributed by atoms with Crippen LogP contribution in [-0.2, 0) is 16.1 Å². The standard InChI is InChI=1S/C10H13N3O6/c1-5-2-6(13-19-5)4-11-10(18)12-7(9(16)17)3-8(14)15/h2,7H,3-4H2,1H3,(H,14,15)(H,16,17)(H2,11,12,18)/t7-/m1/s1. The smallest absolute Gasteiger partial charge is 0.326 e. The van der Waals surface area contributed by atoms with Gasteiger partial charge in [0.2, 0.25) is 0 Å². The summed E-state index contributed by atoms with van der Waals surface area (Å²) in [6, 6.07) is -0.683. The third kappa shape index (κ3) is 5.06. The predicted octanol–water partition coefficient (Wildman–Crippen LogP) is -0.290. The number of hydrogen-bond donors (Lipinski definition) is 4. The molecule has 4 N–H and O–H groups in total. The van der Waals surface area contributed by atoms with Gasteiger partial charge in [-0.1, -0.05) is 5.16 Å². The lowest BCUT2D eigenvalue weighted by Gasteiger charge is -2.12. The first-order valence-corrected chi connectivity index (χ1v) is 5.29. The van der Waals surface area contributed by atoms with Crippen molar-refractivity contribution in [2.75, 3.05) is 0 Å². The number of carbonyl (C=O) groups is 3. The minimum Gasteiger partial charge on any atom is -0.481 e. The first-order valence-electron chi connectivity index (χ1n) is 5.29. The normalized spacial score (nSPS) is 11.6. The zero-order valence-corrected chi connectivity index (χ0v) is 10.0. The second kappa shape index (κ2) is 6.38. The summed E-state index contributed by atoms with van der Waals surface area (Å²) < 4.78 is 4.78. The molecule has 0 spiro atoms. The van der Waals surface area contributed by atoms with Crippen LogP contribution in [0, 0.1) is 6.92 Å². The Hall–Kier alpha value is -2.58. The van der Waals surface area contributed by atoms with E-state index in [9.17, 15) is 14.4 Å². The van der Waals surface area contributed by atoms with Gasteiger partial charge < -0.3 is 25.4 Å². The van der Waals surface area contributed by atoms with Gasteiger partial charge in [0.1, 0.15) is 17.5 Å².